The van der Waals surface area contributed by atoms with Crippen LogP contribution in [0.5, 0.6) is 0 Å². The molecule has 0 N–H and O–H groups in total. The topological polar surface area (TPSA) is 61.8 Å². The van der Waals surface area contributed by atoms with Crippen LogP contribution in [0, 0.1) is 11.8 Å². The quantitative estimate of drug-likeness (QED) is 0.784. The zero-order chi connectivity index (χ0) is 18.5. The average Bonchev–Trinajstić information content (AvgIpc) is 2.68. The molecule has 0 aliphatic carbocycles. The highest BCUT2D eigenvalue weighted by Gasteiger charge is 2.41. The molecule has 0 amide bonds. The van der Waals surface area contributed by atoms with Crippen molar-refractivity contribution in [1.29, 1.82) is 0 Å². The fourth-order valence-corrected chi connectivity index (χ4v) is 2.84. The molecule has 2 aromatic carbocycles. The molecule has 136 valence electrons. The Morgan fingerprint density at radius 3 is 1.88 bits per heavy atom. The van der Waals surface area contributed by atoms with Crippen LogP contribution >= 0.6 is 0 Å². The van der Waals surface area contributed by atoms with Crippen LogP contribution < -0.4 is 0 Å². The zero-order valence-corrected chi connectivity index (χ0v) is 14.8. The van der Waals surface area contributed by atoms with Crippen molar-refractivity contribution in [3.05, 3.63) is 71.8 Å². The van der Waals surface area contributed by atoms with Crippen LogP contribution in [0.15, 0.2) is 60.7 Å². The Kier molecular flexibility index (Phi) is 5.68. The van der Waals surface area contributed by atoms with Gasteiger partial charge in [0.15, 0.2) is 6.10 Å². The summed E-state index contributed by atoms with van der Waals surface area (Å²) in [7, 11) is 0. The molecule has 5 nitrogen and oxygen atoms in total. The van der Waals surface area contributed by atoms with Crippen LogP contribution in [-0.2, 0) is 14.2 Å². The van der Waals surface area contributed by atoms with E-state index < -0.39 is 24.3 Å². The number of esters is 2. The summed E-state index contributed by atoms with van der Waals surface area (Å²) in [6.07, 6.45) is -1.60. The van der Waals surface area contributed by atoms with Gasteiger partial charge in [-0.05, 0) is 30.2 Å². The minimum atomic E-state index is -0.929. The SMILES string of the molecule is C[C@H]1CO[C@@H](OC(=O)c2ccccc2)C(OC(=O)c2ccccc2)[C@@H]1C. The zero-order valence-electron chi connectivity index (χ0n) is 14.8. The van der Waals surface area contributed by atoms with Crippen molar-refractivity contribution in [2.24, 2.45) is 11.8 Å². The van der Waals surface area contributed by atoms with Crippen molar-refractivity contribution in [3.8, 4) is 0 Å². The largest absolute Gasteiger partial charge is 0.452 e. The maximum Gasteiger partial charge on any atom is 0.340 e. The summed E-state index contributed by atoms with van der Waals surface area (Å²) in [5, 5.41) is 0. The van der Waals surface area contributed by atoms with Crippen molar-refractivity contribution in [2.45, 2.75) is 26.2 Å². The number of carbonyl (C=O) groups is 2. The van der Waals surface area contributed by atoms with E-state index in [2.05, 4.69) is 0 Å². The molecular weight excluding hydrogens is 332 g/mol. The Balaban J connectivity index is 1.74. The molecule has 0 aromatic heterocycles. The minimum absolute atomic E-state index is 0.00927. The van der Waals surface area contributed by atoms with E-state index in [1.165, 1.54) is 0 Å². The summed E-state index contributed by atoms with van der Waals surface area (Å²) < 4.78 is 16.9. The molecule has 4 atom stereocenters. The number of benzene rings is 2. The maximum absolute atomic E-state index is 12.4. The van der Waals surface area contributed by atoms with E-state index in [0.29, 0.717) is 17.7 Å². The molecule has 1 heterocycles. The minimum Gasteiger partial charge on any atom is -0.452 e. The van der Waals surface area contributed by atoms with E-state index in [-0.39, 0.29) is 11.8 Å². The molecule has 1 aliphatic rings. The average molecular weight is 354 g/mol. The van der Waals surface area contributed by atoms with E-state index >= 15 is 0 Å². The van der Waals surface area contributed by atoms with Gasteiger partial charge in [0, 0.05) is 5.92 Å². The molecule has 0 radical (unpaired) electrons. The van der Waals surface area contributed by atoms with Gasteiger partial charge >= 0.3 is 11.9 Å². The third-order valence-corrected chi connectivity index (χ3v) is 4.69. The summed E-state index contributed by atoms with van der Waals surface area (Å²) in [5.74, 6) is -0.792. The van der Waals surface area contributed by atoms with Gasteiger partial charge in [-0.15, -0.1) is 0 Å². The summed E-state index contributed by atoms with van der Waals surface area (Å²) in [6, 6.07) is 17.4. The van der Waals surface area contributed by atoms with E-state index in [1.54, 1.807) is 48.5 Å². The molecule has 5 heteroatoms. The molecule has 1 unspecified atom stereocenters. The van der Waals surface area contributed by atoms with Crippen molar-refractivity contribution < 1.29 is 23.8 Å². The lowest BCUT2D eigenvalue weighted by Gasteiger charge is -2.38. The first-order valence-corrected chi connectivity index (χ1v) is 8.70. The Morgan fingerprint density at radius 1 is 0.846 bits per heavy atom. The number of hydrogen-bond acceptors (Lipinski definition) is 5. The summed E-state index contributed by atoms with van der Waals surface area (Å²) in [6.45, 7) is 4.43. The number of carbonyl (C=O) groups excluding carboxylic acids is 2. The van der Waals surface area contributed by atoms with Gasteiger partial charge in [0.25, 0.3) is 0 Å². The van der Waals surface area contributed by atoms with Crippen LogP contribution in [0.2, 0.25) is 0 Å². The highest BCUT2D eigenvalue weighted by molar-refractivity contribution is 5.90. The third kappa shape index (κ3) is 4.11. The standard InChI is InChI=1S/C21H22O5/c1-14-13-24-21(26-20(23)17-11-7-4-8-12-17)18(15(14)2)25-19(22)16-9-5-3-6-10-16/h3-12,14-15,18,21H,13H2,1-2H3/t14-,15+,18?,21-/m0/s1. The monoisotopic (exact) mass is 354 g/mol. The lowest BCUT2D eigenvalue weighted by molar-refractivity contribution is -0.218. The second-order valence-electron chi connectivity index (χ2n) is 6.55. The first kappa shape index (κ1) is 18.1. The Labute approximate surface area is 152 Å². The normalized spacial score (nSPS) is 25.3. The first-order valence-electron chi connectivity index (χ1n) is 8.70. The lowest BCUT2D eigenvalue weighted by atomic mass is 9.88. The Bertz CT molecular complexity index is 744. The highest BCUT2D eigenvalue weighted by atomic mass is 16.7. The molecule has 2 aromatic rings. The van der Waals surface area contributed by atoms with Gasteiger partial charge in [-0.2, -0.15) is 0 Å². The van der Waals surface area contributed by atoms with E-state index in [1.807, 2.05) is 26.0 Å². The number of ether oxygens (including phenoxy) is 3. The number of rotatable bonds is 4. The van der Waals surface area contributed by atoms with Gasteiger partial charge < -0.3 is 14.2 Å². The van der Waals surface area contributed by atoms with Crippen molar-refractivity contribution in [2.75, 3.05) is 6.61 Å². The van der Waals surface area contributed by atoms with Crippen LogP contribution in [0.25, 0.3) is 0 Å². The van der Waals surface area contributed by atoms with Crippen LogP contribution in [0.4, 0.5) is 0 Å². The summed E-state index contributed by atoms with van der Waals surface area (Å²) in [5.41, 5.74) is 0.876. The second kappa shape index (κ2) is 8.15. The molecule has 0 saturated carbocycles. The van der Waals surface area contributed by atoms with Crippen molar-refractivity contribution >= 4 is 11.9 Å². The third-order valence-electron chi connectivity index (χ3n) is 4.69. The molecule has 1 aliphatic heterocycles. The van der Waals surface area contributed by atoms with Gasteiger partial charge in [-0.1, -0.05) is 50.2 Å². The van der Waals surface area contributed by atoms with E-state index in [4.69, 9.17) is 14.2 Å². The van der Waals surface area contributed by atoms with Crippen molar-refractivity contribution in [1.82, 2.24) is 0 Å². The van der Waals surface area contributed by atoms with Gasteiger partial charge in [0.05, 0.1) is 17.7 Å². The van der Waals surface area contributed by atoms with Gasteiger partial charge in [-0.25, -0.2) is 9.59 Å². The fraction of sp³-hybridized carbons (Fsp3) is 0.333. The highest BCUT2D eigenvalue weighted by Crippen LogP contribution is 2.30. The predicted octanol–water partition coefficient (Wildman–Crippen LogP) is 3.70. The van der Waals surface area contributed by atoms with E-state index in [0.717, 1.165) is 0 Å². The smallest absolute Gasteiger partial charge is 0.340 e. The van der Waals surface area contributed by atoms with Crippen molar-refractivity contribution in [3.63, 3.8) is 0 Å². The first-order chi connectivity index (χ1) is 12.6. The second-order valence-corrected chi connectivity index (χ2v) is 6.55. The van der Waals surface area contributed by atoms with Crippen LogP contribution in [0.3, 0.4) is 0 Å². The summed E-state index contributed by atoms with van der Waals surface area (Å²) >= 11 is 0. The van der Waals surface area contributed by atoms with E-state index in [9.17, 15) is 9.59 Å². The lowest BCUT2D eigenvalue weighted by Crippen LogP contribution is -2.48. The Morgan fingerprint density at radius 2 is 1.35 bits per heavy atom. The van der Waals surface area contributed by atoms with Crippen LogP contribution in [0.1, 0.15) is 34.6 Å². The summed E-state index contributed by atoms with van der Waals surface area (Å²) in [4.78, 5) is 24.8. The van der Waals surface area contributed by atoms with Gasteiger partial charge in [0.2, 0.25) is 6.29 Å². The Hall–Kier alpha value is -2.66. The molecular formula is C21H22O5. The predicted molar refractivity (Wildman–Crippen MR) is 95.6 cm³/mol. The molecule has 1 fully saturated rings. The molecule has 1 saturated heterocycles. The van der Waals surface area contributed by atoms with Gasteiger partial charge in [-0.3, -0.25) is 0 Å². The van der Waals surface area contributed by atoms with Crippen LogP contribution in [-0.4, -0.2) is 30.9 Å². The fourth-order valence-electron chi connectivity index (χ4n) is 2.84. The molecule has 0 bridgehead atoms. The maximum atomic E-state index is 12.4. The van der Waals surface area contributed by atoms with Gasteiger partial charge in [0.1, 0.15) is 0 Å². The molecule has 3 rings (SSSR count). The molecule has 0 spiro atoms. The molecule has 26 heavy (non-hydrogen) atoms. The number of hydrogen-bond donors (Lipinski definition) is 0.